The van der Waals surface area contributed by atoms with Crippen LogP contribution in [0.5, 0.6) is 0 Å². The summed E-state index contributed by atoms with van der Waals surface area (Å²) >= 11 is 0. The first-order valence-corrected chi connectivity index (χ1v) is 12.4. The van der Waals surface area contributed by atoms with Crippen LogP contribution in [0.3, 0.4) is 0 Å². The number of carbonyl (C=O) groups is 4. The van der Waals surface area contributed by atoms with E-state index in [9.17, 15) is 19.2 Å². The minimum atomic E-state index is -1.28. The highest BCUT2D eigenvalue weighted by atomic mass is 16.7. The largest absolute Gasteiger partial charge is 0.472 e. The van der Waals surface area contributed by atoms with Crippen LogP contribution in [0.1, 0.15) is 65.0 Å². The van der Waals surface area contributed by atoms with Gasteiger partial charge in [0.1, 0.15) is 29.5 Å². The van der Waals surface area contributed by atoms with Gasteiger partial charge in [0.2, 0.25) is 6.29 Å². The Morgan fingerprint density at radius 3 is 2.39 bits per heavy atom. The second-order valence-corrected chi connectivity index (χ2v) is 10.6. The monoisotopic (exact) mass is 504 g/mol. The Bertz CT molecular complexity index is 1060. The third kappa shape index (κ3) is 3.52. The number of rotatable bonds is 5. The summed E-state index contributed by atoms with van der Waals surface area (Å²) in [7, 11) is 0. The Labute approximate surface area is 208 Å². The van der Waals surface area contributed by atoms with Crippen molar-refractivity contribution in [3.05, 3.63) is 24.2 Å². The van der Waals surface area contributed by atoms with Gasteiger partial charge >= 0.3 is 17.9 Å². The van der Waals surface area contributed by atoms with E-state index < -0.39 is 58.8 Å². The third-order valence-electron chi connectivity index (χ3n) is 8.86. The zero-order valence-corrected chi connectivity index (χ0v) is 20.9. The molecule has 10 heteroatoms. The van der Waals surface area contributed by atoms with Gasteiger partial charge in [0.05, 0.1) is 25.2 Å². The van der Waals surface area contributed by atoms with E-state index in [1.165, 1.54) is 20.8 Å². The Morgan fingerprint density at radius 1 is 1.08 bits per heavy atom. The SMILES string of the molecule is CC(=O)OCC12C(=O)CC(C)C3(CC(c4ccoc4)OC3OC(C)=O)C1CCC(OC(C)=O)C21CO1. The topological polar surface area (TPSA) is 131 Å². The van der Waals surface area contributed by atoms with Crippen molar-refractivity contribution in [2.24, 2.45) is 22.7 Å². The first kappa shape index (κ1) is 25.0. The molecule has 2 aliphatic heterocycles. The molecule has 0 aromatic carbocycles. The lowest BCUT2D eigenvalue weighted by atomic mass is 9.42. The molecule has 3 heterocycles. The van der Waals surface area contributed by atoms with Crippen LogP contribution in [0.2, 0.25) is 0 Å². The molecule has 4 fully saturated rings. The smallest absolute Gasteiger partial charge is 0.304 e. The number of hydrogen-bond donors (Lipinski definition) is 0. The van der Waals surface area contributed by atoms with Gasteiger partial charge in [0.15, 0.2) is 0 Å². The van der Waals surface area contributed by atoms with Gasteiger partial charge in [0.25, 0.3) is 0 Å². The number of carbonyl (C=O) groups excluding carboxylic acids is 4. The fraction of sp³-hybridized carbons (Fsp3) is 0.692. The fourth-order valence-corrected chi connectivity index (χ4v) is 7.35. The summed E-state index contributed by atoms with van der Waals surface area (Å²) in [4.78, 5) is 50.2. The average molecular weight is 505 g/mol. The summed E-state index contributed by atoms with van der Waals surface area (Å²) in [6.45, 7) is 5.91. The molecule has 2 saturated carbocycles. The molecule has 0 bridgehead atoms. The summed E-state index contributed by atoms with van der Waals surface area (Å²) in [6.07, 6.45) is 2.70. The first-order chi connectivity index (χ1) is 17.1. The zero-order valence-electron chi connectivity index (χ0n) is 20.9. The van der Waals surface area contributed by atoms with E-state index in [0.29, 0.717) is 19.3 Å². The van der Waals surface area contributed by atoms with Crippen molar-refractivity contribution < 1.29 is 47.3 Å². The van der Waals surface area contributed by atoms with Crippen molar-refractivity contribution in [2.75, 3.05) is 13.2 Å². The minimum absolute atomic E-state index is 0.102. The third-order valence-corrected chi connectivity index (χ3v) is 8.86. The molecule has 8 atom stereocenters. The molecule has 196 valence electrons. The van der Waals surface area contributed by atoms with Gasteiger partial charge in [-0.1, -0.05) is 6.92 Å². The molecule has 10 nitrogen and oxygen atoms in total. The number of ether oxygens (including phenoxy) is 5. The Balaban J connectivity index is 1.65. The van der Waals surface area contributed by atoms with E-state index in [0.717, 1.165) is 5.56 Å². The van der Waals surface area contributed by atoms with Gasteiger partial charge in [-0.2, -0.15) is 0 Å². The molecule has 1 aromatic rings. The van der Waals surface area contributed by atoms with Crippen molar-refractivity contribution in [3.8, 4) is 0 Å². The molecule has 36 heavy (non-hydrogen) atoms. The van der Waals surface area contributed by atoms with E-state index in [1.54, 1.807) is 12.5 Å². The molecule has 2 spiro atoms. The second-order valence-electron chi connectivity index (χ2n) is 10.6. The lowest BCUT2D eigenvalue weighted by Crippen LogP contribution is -2.70. The van der Waals surface area contributed by atoms with Crippen LogP contribution >= 0.6 is 0 Å². The normalized spacial score (nSPS) is 41.1. The maximum atomic E-state index is 14.1. The van der Waals surface area contributed by atoms with Crippen LogP contribution in [-0.2, 0) is 42.9 Å². The van der Waals surface area contributed by atoms with E-state index >= 15 is 0 Å². The van der Waals surface area contributed by atoms with Crippen LogP contribution in [0, 0.1) is 22.7 Å². The molecular formula is C26H32O10. The lowest BCUT2D eigenvalue weighted by Gasteiger charge is -2.60. The number of hydrogen-bond acceptors (Lipinski definition) is 10. The van der Waals surface area contributed by atoms with Gasteiger partial charge in [-0.05, 0) is 37.2 Å². The molecule has 5 rings (SSSR count). The van der Waals surface area contributed by atoms with E-state index in [-0.39, 0.29) is 31.3 Å². The van der Waals surface area contributed by atoms with Crippen molar-refractivity contribution in [1.29, 1.82) is 0 Å². The Morgan fingerprint density at radius 2 is 1.81 bits per heavy atom. The average Bonchev–Trinajstić information content (AvgIpc) is 3.23. The Hall–Kier alpha value is -2.72. The first-order valence-electron chi connectivity index (χ1n) is 12.4. The van der Waals surface area contributed by atoms with Crippen molar-refractivity contribution >= 4 is 23.7 Å². The fourth-order valence-electron chi connectivity index (χ4n) is 7.35. The Kier molecular flexibility index (Phi) is 6.02. The highest BCUT2D eigenvalue weighted by Crippen LogP contribution is 2.71. The summed E-state index contributed by atoms with van der Waals surface area (Å²) in [5, 5.41) is 0. The van der Waals surface area contributed by atoms with Crippen molar-refractivity contribution in [1.82, 2.24) is 0 Å². The number of epoxide rings is 1. The lowest BCUT2D eigenvalue weighted by molar-refractivity contribution is -0.244. The molecule has 0 radical (unpaired) electrons. The molecule has 2 saturated heterocycles. The number of esters is 3. The maximum absolute atomic E-state index is 14.1. The van der Waals surface area contributed by atoms with Crippen LogP contribution in [0.4, 0.5) is 0 Å². The van der Waals surface area contributed by atoms with Crippen LogP contribution in [0.25, 0.3) is 0 Å². The van der Waals surface area contributed by atoms with E-state index in [2.05, 4.69) is 0 Å². The zero-order chi connectivity index (χ0) is 25.9. The summed E-state index contributed by atoms with van der Waals surface area (Å²) < 4.78 is 34.7. The standard InChI is InChI=1S/C26H32O10/c1-14-9-21(30)25(12-32-15(2)27)20(5-6-22(34-16(3)28)26(25)13-33-26)24(14)10-19(18-7-8-31-11-18)36-23(24)35-17(4)29/h7-8,11,14,19-20,22-23H,5-6,9-10,12-13H2,1-4H3. The van der Waals surface area contributed by atoms with Crippen LogP contribution in [0.15, 0.2) is 23.0 Å². The molecule has 0 N–H and O–H groups in total. The van der Waals surface area contributed by atoms with Gasteiger partial charge in [0, 0.05) is 38.2 Å². The molecule has 4 aliphatic rings. The summed E-state index contributed by atoms with van der Waals surface area (Å²) in [6, 6.07) is 1.81. The highest BCUT2D eigenvalue weighted by Gasteiger charge is 2.81. The minimum Gasteiger partial charge on any atom is -0.472 e. The number of fused-ring (bicyclic) bond motifs is 3. The molecule has 8 unspecified atom stereocenters. The van der Waals surface area contributed by atoms with Gasteiger partial charge < -0.3 is 28.1 Å². The number of furan rings is 1. The van der Waals surface area contributed by atoms with Crippen molar-refractivity contribution in [2.45, 2.75) is 77.5 Å². The highest BCUT2D eigenvalue weighted by molar-refractivity contribution is 5.89. The van der Waals surface area contributed by atoms with Crippen LogP contribution < -0.4 is 0 Å². The molecule has 0 amide bonds. The second kappa shape index (κ2) is 8.69. The molecule has 2 aliphatic carbocycles. The van der Waals surface area contributed by atoms with Crippen LogP contribution in [-0.4, -0.2) is 54.9 Å². The molecular weight excluding hydrogens is 472 g/mol. The summed E-state index contributed by atoms with van der Waals surface area (Å²) in [5.74, 6) is -2.21. The number of Topliss-reactive ketones (excluding diaryl/α,β-unsaturated/α-hetero) is 1. The van der Waals surface area contributed by atoms with E-state index in [4.69, 9.17) is 28.1 Å². The predicted molar refractivity (Wildman–Crippen MR) is 120 cm³/mol. The summed E-state index contributed by atoms with van der Waals surface area (Å²) in [5.41, 5.74) is -2.36. The maximum Gasteiger partial charge on any atom is 0.304 e. The van der Waals surface area contributed by atoms with Gasteiger partial charge in [-0.15, -0.1) is 0 Å². The van der Waals surface area contributed by atoms with Gasteiger partial charge in [-0.25, -0.2) is 0 Å². The van der Waals surface area contributed by atoms with Gasteiger partial charge in [-0.3, -0.25) is 19.2 Å². The predicted octanol–water partition coefficient (Wildman–Crippen LogP) is 2.89. The van der Waals surface area contributed by atoms with Crippen molar-refractivity contribution in [3.63, 3.8) is 0 Å². The quantitative estimate of drug-likeness (QED) is 0.335. The van der Waals surface area contributed by atoms with E-state index in [1.807, 2.05) is 13.0 Å². The number of ketones is 1. The molecule has 1 aromatic heterocycles.